The van der Waals surface area contributed by atoms with E-state index in [2.05, 4.69) is 12.2 Å². The molecule has 0 heterocycles. The van der Waals surface area contributed by atoms with Crippen LogP contribution in [-0.2, 0) is 4.79 Å². The fraction of sp³-hybridized carbons (Fsp3) is 0.533. The van der Waals surface area contributed by atoms with Crippen molar-refractivity contribution >= 4 is 17.5 Å². The zero-order chi connectivity index (χ0) is 14.1. The van der Waals surface area contributed by atoms with Gasteiger partial charge in [0.05, 0.1) is 18.4 Å². The molecule has 0 fully saturated rings. The van der Waals surface area contributed by atoms with Gasteiger partial charge in [-0.2, -0.15) is 0 Å². The van der Waals surface area contributed by atoms with Crippen LogP contribution in [0, 0.1) is 6.92 Å². The summed E-state index contributed by atoms with van der Waals surface area (Å²) >= 11 is 6.03. The third-order valence-corrected chi connectivity index (χ3v) is 3.08. The minimum atomic E-state index is -0.0191. The smallest absolute Gasteiger partial charge is 0.223 e. The SMILES string of the molecule is CCCC(Cl)CNC(=O)CCOc1cccc(C)c1. The van der Waals surface area contributed by atoms with Crippen LogP contribution in [0.1, 0.15) is 31.7 Å². The number of halogens is 1. The first kappa shape index (κ1) is 15.8. The molecule has 106 valence electrons. The Kier molecular flexibility index (Phi) is 7.34. The lowest BCUT2D eigenvalue weighted by atomic mass is 10.2. The van der Waals surface area contributed by atoms with Crippen LogP contribution in [0.2, 0.25) is 0 Å². The Morgan fingerprint density at radius 3 is 2.95 bits per heavy atom. The van der Waals surface area contributed by atoms with E-state index >= 15 is 0 Å². The van der Waals surface area contributed by atoms with E-state index in [-0.39, 0.29) is 11.3 Å². The summed E-state index contributed by atoms with van der Waals surface area (Å²) in [6, 6.07) is 7.79. The molecule has 0 saturated heterocycles. The van der Waals surface area contributed by atoms with E-state index in [1.807, 2.05) is 31.2 Å². The minimum absolute atomic E-state index is 0.0191. The Hall–Kier alpha value is -1.22. The first-order chi connectivity index (χ1) is 9.11. The molecule has 0 saturated carbocycles. The number of hydrogen-bond acceptors (Lipinski definition) is 2. The van der Waals surface area contributed by atoms with Crippen molar-refractivity contribution in [2.75, 3.05) is 13.2 Å². The van der Waals surface area contributed by atoms with Gasteiger partial charge in [-0.05, 0) is 31.0 Å². The highest BCUT2D eigenvalue weighted by atomic mass is 35.5. The van der Waals surface area contributed by atoms with Crippen molar-refractivity contribution < 1.29 is 9.53 Å². The lowest BCUT2D eigenvalue weighted by Gasteiger charge is -2.10. The van der Waals surface area contributed by atoms with Crippen molar-refractivity contribution in [2.45, 2.75) is 38.5 Å². The second-order valence-electron chi connectivity index (χ2n) is 4.61. The van der Waals surface area contributed by atoms with Gasteiger partial charge in [0.15, 0.2) is 0 Å². The molecule has 0 spiro atoms. The van der Waals surface area contributed by atoms with Crippen LogP contribution in [0.3, 0.4) is 0 Å². The van der Waals surface area contributed by atoms with Gasteiger partial charge in [-0.25, -0.2) is 0 Å². The van der Waals surface area contributed by atoms with Crippen molar-refractivity contribution in [2.24, 2.45) is 0 Å². The lowest BCUT2D eigenvalue weighted by molar-refractivity contribution is -0.121. The fourth-order valence-electron chi connectivity index (χ4n) is 1.69. The monoisotopic (exact) mass is 283 g/mol. The Morgan fingerprint density at radius 1 is 1.47 bits per heavy atom. The molecule has 1 aromatic rings. The number of benzene rings is 1. The predicted octanol–water partition coefficient (Wildman–Crippen LogP) is 3.29. The van der Waals surface area contributed by atoms with Gasteiger partial charge in [-0.3, -0.25) is 4.79 Å². The van der Waals surface area contributed by atoms with E-state index in [1.165, 1.54) is 0 Å². The molecule has 1 atom stereocenters. The molecule has 0 aliphatic heterocycles. The molecule has 0 aromatic heterocycles. The van der Waals surface area contributed by atoms with Gasteiger partial charge in [-0.15, -0.1) is 11.6 Å². The maximum Gasteiger partial charge on any atom is 0.223 e. The van der Waals surface area contributed by atoms with E-state index in [4.69, 9.17) is 16.3 Å². The van der Waals surface area contributed by atoms with Gasteiger partial charge in [0.2, 0.25) is 5.91 Å². The summed E-state index contributed by atoms with van der Waals surface area (Å²) in [4.78, 5) is 11.6. The molecule has 0 aliphatic carbocycles. The summed E-state index contributed by atoms with van der Waals surface area (Å²) in [7, 11) is 0. The molecular formula is C15H22ClNO2. The number of aryl methyl sites for hydroxylation is 1. The molecule has 19 heavy (non-hydrogen) atoms. The Labute approximate surface area is 120 Å². The van der Waals surface area contributed by atoms with E-state index in [0.717, 1.165) is 24.2 Å². The Bertz CT molecular complexity index is 395. The highest BCUT2D eigenvalue weighted by Crippen LogP contribution is 2.12. The molecule has 0 radical (unpaired) electrons. The van der Waals surface area contributed by atoms with E-state index < -0.39 is 0 Å². The summed E-state index contributed by atoms with van der Waals surface area (Å²) in [6.07, 6.45) is 2.30. The highest BCUT2D eigenvalue weighted by Gasteiger charge is 2.06. The number of carbonyl (C=O) groups excluding carboxylic acids is 1. The molecule has 0 bridgehead atoms. The van der Waals surface area contributed by atoms with Gasteiger partial charge < -0.3 is 10.1 Å². The van der Waals surface area contributed by atoms with Crippen LogP contribution < -0.4 is 10.1 Å². The molecule has 1 aromatic carbocycles. The van der Waals surface area contributed by atoms with Gasteiger partial charge in [0.25, 0.3) is 0 Å². The van der Waals surface area contributed by atoms with E-state index in [1.54, 1.807) is 0 Å². The standard InChI is InChI=1S/C15H22ClNO2/c1-3-5-13(16)11-17-15(18)8-9-19-14-7-4-6-12(2)10-14/h4,6-7,10,13H,3,5,8-9,11H2,1-2H3,(H,17,18). The summed E-state index contributed by atoms with van der Waals surface area (Å²) in [5.74, 6) is 0.781. The third kappa shape index (κ3) is 7.06. The number of rotatable bonds is 8. The summed E-state index contributed by atoms with van der Waals surface area (Å²) in [5.41, 5.74) is 1.14. The van der Waals surface area contributed by atoms with Crippen LogP contribution in [0.4, 0.5) is 0 Å². The molecule has 1 unspecified atom stereocenters. The Morgan fingerprint density at radius 2 is 2.26 bits per heavy atom. The minimum Gasteiger partial charge on any atom is -0.493 e. The topological polar surface area (TPSA) is 38.3 Å². The molecular weight excluding hydrogens is 262 g/mol. The molecule has 1 amide bonds. The van der Waals surface area contributed by atoms with E-state index in [0.29, 0.717) is 19.6 Å². The third-order valence-electron chi connectivity index (χ3n) is 2.71. The maximum absolute atomic E-state index is 11.6. The van der Waals surface area contributed by atoms with Gasteiger partial charge in [-0.1, -0.05) is 25.5 Å². The van der Waals surface area contributed by atoms with Crippen LogP contribution in [0.15, 0.2) is 24.3 Å². The van der Waals surface area contributed by atoms with Crippen LogP contribution in [0.25, 0.3) is 0 Å². The zero-order valence-corrected chi connectivity index (χ0v) is 12.4. The second-order valence-corrected chi connectivity index (χ2v) is 5.22. The Balaban J connectivity index is 2.17. The van der Waals surface area contributed by atoms with Crippen molar-refractivity contribution in [3.63, 3.8) is 0 Å². The first-order valence-corrected chi connectivity index (χ1v) is 7.15. The maximum atomic E-state index is 11.6. The lowest BCUT2D eigenvalue weighted by Crippen LogP contribution is -2.30. The zero-order valence-electron chi connectivity index (χ0n) is 11.6. The van der Waals surface area contributed by atoms with Gasteiger partial charge >= 0.3 is 0 Å². The van der Waals surface area contributed by atoms with Crippen molar-refractivity contribution in [1.29, 1.82) is 0 Å². The normalized spacial score (nSPS) is 11.9. The molecule has 3 nitrogen and oxygen atoms in total. The average molecular weight is 284 g/mol. The second kappa shape index (κ2) is 8.81. The van der Waals surface area contributed by atoms with Gasteiger partial charge in [0, 0.05) is 6.54 Å². The van der Waals surface area contributed by atoms with Crippen LogP contribution in [0.5, 0.6) is 5.75 Å². The summed E-state index contributed by atoms with van der Waals surface area (Å²) < 4.78 is 5.52. The number of alkyl halides is 1. The summed E-state index contributed by atoms with van der Waals surface area (Å²) in [6.45, 7) is 5.00. The fourth-order valence-corrected chi connectivity index (χ4v) is 1.99. The quantitative estimate of drug-likeness (QED) is 0.744. The number of carbonyl (C=O) groups is 1. The molecule has 1 rings (SSSR count). The summed E-state index contributed by atoms with van der Waals surface area (Å²) in [5, 5.41) is 2.83. The van der Waals surface area contributed by atoms with Gasteiger partial charge in [0.1, 0.15) is 5.75 Å². The molecule has 1 N–H and O–H groups in total. The number of ether oxygens (including phenoxy) is 1. The average Bonchev–Trinajstić information content (AvgIpc) is 2.37. The number of nitrogens with one attached hydrogen (secondary N) is 1. The molecule has 0 aliphatic rings. The van der Waals surface area contributed by atoms with E-state index in [9.17, 15) is 4.79 Å². The van der Waals surface area contributed by atoms with Crippen molar-refractivity contribution in [1.82, 2.24) is 5.32 Å². The number of hydrogen-bond donors (Lipinski definition) is 1. The molecule has 4 heteroatoms. The first-order valence-electron chi connectivity index (χ1n) is 6.72. The predicted molar refractivity (Wildman–Crippen MR) is 78.8 cm³/mol. The number of amides is 1. The highest BCUT2D eigenvalue weighted by molar-refractivity contribution is 6.20. The largest absolute Gasteiger partial charge is 0.493 e. The van der Waals surface area contributed by atoms with Crippen molar-refractivity contribution in [3.05, 3.63) is 29.8 Å². The van der Waals surface area contributed by atoms with Crippen LogP contribution >= 0.6 is 11.6 Å². The van der Waals surface area contributed by atoms with Crippen LogP contribution in [-0.4, -0.2) is 24.4 Å². The van der Waals surface area contributed by atoms with Crippen molar-refractivity contribution in [3.8, 4) is 5.75 Å².